The van der Waals surface area contributed by atoms with Crippen molar-refractivity contribution in [3.05, 3.63) is 27.7 Å². The Hall–Kier alpha value is -0.190. The van der Waals surface area contributed by atoms with Crippen molar-refractivity contribution in [3.63, 3.8) is 0 Å². The molecule has 92 valence electrons. The first-order valence-electron chi connectivity index (χ1n) is 4.59. The fourth-order valence-electron chi connectivity index (χ4n) is 1.35. The van der Waals surface area contributed by atoms with Gasteiger partial charge in [0, 0.05) is 10.6 Å². The maximum absolute atomic E-state index is 9.63. The number of aliphatic hydroxyl groups is 1. The van der Waals surface area contributed by atoms with Gasteiger partial charge in [0.25, 0.3) is 0 Å². The number of aromatic hydroxyl groups is 1. The van der Waals surface area contributed by atoms with E-state index in [1.807, 2.05) is 0 Å². The zero-order valence-electron chi connectivity index (χ0n) is 8.65. The van der Waals surface area contributed by atoms with E-state index in [0.29, 0.717) is 17.0 Å². The van der Waals surface area contributed by atoms with Crippen LogP contribution in [0.15, 0.2) is 12.1 Å². The Morgan fingerprint density at radius 3 is 2.38 bits per heavy atom. The van der Waals surface area contributed by atoms with Crippen LogP contribution >= 0.6 is 35.6 Å². The molecule has 0 spiro atoms. The van der Waals surface area contributed by atoms with Gasteiger partial charge >= 0.3 is 0 Å². The van der Waals surface area contributed by atoms with Crippen molar-refractivity contribution >= 4 is 35.6 Å². The molecule has 0 amide bonds. The van der Waals surface area contributed by atoms with Crippen molar-refractivity contribution in [1.29, 1.82) is 0 Å². The summed E-state index contributed by atoms with van der Waals surface area (Å²) in [5.74, 6) is -0.0903. The summed E-state index contributed by atoms with van der Waals surface area (Å²) in [6.07, 6.45) is -0.255. The SMILES string of the molecule is CC[C@@H](O)[C@@H](N)c1c(O)cc(Cl)cc1Cl.Cl. The fraction of sp³-hybridized carbons (Fsp3) is 0.400. The highest BCUT2D eigenvalue weighted by Gasteiger charge is 2.21. The molecular formula is C10H14Cl3NO2. The molecular weight excluding hydrogens is 272 g/mol. The molecule has 0 aromatic heterocycles. The first-order chi connectivity index (χ1) is 6.97. The molecule has 1 aromatic carbocycles. The molecule has 0 fully saturated rings. The summed E-state index contributed by atoms with van der Waals surface area (Å²) in [5, 5.41) is 19.8. The molecule has 3 nitrogen and oxygen atoms in total. The van der Waals surface area contributed by atoms with Crippen LogP contribution in [0.4, 0.5) is 0 Å². The van der Waals surface area contributed by atoms with Gasteiger partial charge in [-0.3, -0.25) is 0 Å². The van der Waals surface area contributed by atoms with E-state index < -0.39 is 12.1 Å². The van der Waals surface area contributed by atoms with E-state index in [1.54, 1.807) is 6.92 Å². The summed E-state index contributed by atoms with van der Waals surface area (Å²) in [7, 11) is 0. The lowest BCUT2D eigenvalue weighted by Gasteiger charge is -2.20. The average Bonchev–Trinajstić information content (AvgIpc) is 2.14. The summed E-state index contributed by atoms with van der Waals surface area (Å²) in [6, 6.07) is 2.13. The minimum atomic E-state index is -0.741. The van der Waals surface area contributed by atoms with Crippen LogP contribution in [-0.2, 0) is 0 Å². The summed E-state index contributed by atoms with van der Waals surface area (Å²) in [6.45, 7) is 1.80. The van der Waals surface area contributed by atoms with Crippen LogP contribution in [0.3, 0.4) is 0 Å². The third kappa shape index (κ3) is 3.40. The highest BCUT2D eigenvalue weighted by atomic mass is 35.5. The van der Waals surface area contributed by atoms with Gasteiger partial charge in [-0.25, -0.2) is 0 Å². The predicted molar refractivity (Wildman–Crippen MR) is 68.6 cm³/mol. The number of hydrogen-bond donors (Lipinski definition) is 3. The first-order valence-corrected chi connectivity index (χ1v) is 5.34. The number of phenolic OH excluding ortho intramolecular Hbond substituents is 1. The predicted octanol–water partition coefficient (Wildman–Crippen LogP) is 2.89. The number of nitrogens with two attached hydrogens (primary N) is 1. The van der Waals surface area contributed by atoms with Crippen LogP contribution in [0.2, 0.25) is 10.0 Å². The lowest BCUT2D eigenvalue weighted by Crippen LogP contribution is -2.25. The molecule has 4 N–H and O–H groups in total. The molecule has 2 atom stereocenters. The molecule has 0 heterocycles. The van der Waals surface area contributed by atoms with Crippen molar-refractivity contribution in [2.45, 2.75) is 25.5 Å². The minimum Gasteiger partial charge on any atom is -0.507 e. The molecule has 0 aliphatic rings. The Balaban J connectivity index is 0.00000225. The number of rotatable bonds is 3. The van der Waals surface area contributed by atoms with Crippen LogP contribution in [-0.4, -0.2) is 16.3 Å². The van der Waals surface area contributed by atoms with Crippen LogP contribution in [0.5, 0.6) is 5.75 Å². The van der Waals surface area contributed by atoms with E-state index in [2.05, 4.69) is 0 Å². The van der Waals surface area contributed by atoms with E-state index in [0.717, 1.165) is 0 Å². The molecule has 1 aromatic rings. The van der Waals surface area contributed by atoms with Gasteiger partial charge < -0.3 is 15.9 Å². The summed E-state index contributed by atoms with van der Waals surface area (Å²) < 4.78 is 0. The number of hydrogen-bond acceptors (Lipinski definition) is 3. The zero-order chi connectivity index (χ0) is 11.6. The zero-order valence-corrected chi connectivity index (χ0v) is 11.0. The standard InChI is InChI=1S/C10H13Cl2NO2.ClH/c1-2-7(14)10(13)9-6(12)3-5(11)4-8(9)15;/h3-4,7,10,14-15H,2,13H2,1H3;1H/t7-,10-;/m1./s1. The Kier molecular flexibility index (Phi) is 6.44. The smallest absolute Gasteiger partial charge is 0.123 e. The maximum Gasteiger partial charge on any atom is 0.123 e. The lowest BCUT2D eigenvalue weighted by atomic mass is 10.00. The fourth-order valence-corrected chi connectivity index (χ4v) is 1.96. The van der Waals surface area contributed by atoms with E-state index in [9.17, 15) is 10.2 Å². The molecule has 0 bridgehead atoms. The van der Waals surface area contributed by atoms with E-state index >= 15 is 0 Å². The van der Waals surface area contributed by atoms with Crippen molar-refractivity contribution in [2.24, 2.45) is 5.73 Å². The van der Waals surface area contributed by atoms with Crippen molar-refractivity contribution in [1.82, 2.24) is 0 Å². The van der Waals surface area contributed by atoms with Crippen LogP contribution in [0, 0.1) is 0 Å². The van der Waals surface area contributed by atoms with E-state index in [1.165, 1.54) is 12.1 Å². The molecule has 0 aliphatic carbocycles. The molecule has 1 rings (SSSR count). The molecule has 0 saturated carbocycles. The third-order valence-electron chi connectivity index (χ3n) is 2.24. The number of benzene rings is 1. The van der Waals surface area contributed by atoms with Gasteiger partial charge in [-0.2, -0.15) is 0 Å². The molecule has 0 aliphatic heterocycles. The van der Waals surface area contributed by atoms with Gasteiger partial charge in [0.15, 0.2) is 0 Å². The topological polar surface area (TPSA) is 66.5 Å². The second-order valence-corrected chi connectivity index (χ2v) is 4.17. The monoisotopic (exact) mass is 285 g/mol. The molecule has 16 heavy (non-hydrogen) atoms. The Morgan fingerprint density at radius 2 is 1.94 bits per heavy atom. The van der Waals surface area contributed by atoms with Crippen LogP contribution < -0.4 is 5.73 Å². The van der Waals surface area contributed by atoms with Gasteiger partial charge in [-0.15, -0.1) is 12.4 Å². The van der Waals surface area contributed by atoms with Gasteiger partial charge in [0.05, 0.1) is 17.2 Å². The maximum atomic E-state index is 9.63. The highest BCUT2D eigenvalue weighted by molar-refractivity contribution is 6.35. The summed E-state index contributed by atoms with van der Waals surface area (Å²) in [5.41, 5.74) is 6.09. The Bertz CT molecular complexity index is 337. The Morgan fingerprint density at radius 1 is 1.38 bits per heavy atom. The van der Waals surface area contributed by atoms with Crippen LogP contribution in [0.25, 0.3) is 0 Å². The quantitative estimate of drug-likeness (QED) is 0.800. The number of aliphatic hydroxyl groups excluding tert-OH is 1. The normalized spacial score (nSPS) is 14.1. The van der Waals surface area contributed by atoms with E-state index in [-0.39, 0.29) is 23.2 Å². The second kappa shape index (κ2) is 6.52. The van der Waals surface area contributed by atoms with Crippen molar-refractivity contribution in [3.8, 4) is 5.75 Å². The third-order valence-corrected chi connectivity index (χ3v) is 2.77. The molecule has 0 saturated heterocycles. The number of phenols is 1. The second-order valence-electron chi connectivity index (χ2n) is 3.32. The summed E-state index contributed by atoms with van der Waals surface area (Å²) >= 11 is 11.6. The number of halogens is 3. The van der Waals surface area contributed by atoms with Gasteiger partial charge in [-0.1, -0.05) is 30.1 Å². The summed E-state index contributed by atoms with van der Waals surface area (Å²) in [4.78, 5) is 0. The van der Waals surface area contributed by atoms with Crippen molar-refractivity contribution < 1.29 is 10.2 Å². The first kappa shape index (κ1) is 15.8. The largest absolute Gasteiger partial charge is 0.507 e. The highest BCUT2D eigenvalue weighted by Crippen LogP contribution is 2.35. The minimum absolute atomic E-state index is 0. The van der Waals surface area contributed by atoms with E-state index in [4.69, 9.17) is 28.9 Å². The Labute approximate surface area is 111 Å². The van der Waals surface area contributed by atoms with Gasteiger partial charge in [0.1, 0.15) is 5.75 Å². The molecule has 0 unspecified atom stereocenters. The molecule has 6 heteroatoms. The van der Waals surface area contributed by atoms with Gasteiger partial charge in [-0.05, 0) is 18.6 Å². The van der Waals surface area contributed by atoms with Crippen molar-refractivity contribution in [2.75, 3.05) is 0 Å². The molecule has 0 radical (unpaired) electrons. The van der Waals surface area contributed by atoms with Crippen LogP contribution in [0.1, 0.15) is 24.9 Å². The lowest BCUT2D eigenvalue weighted by molar-refractivity contribution is 0.139. The average molecular weight is 287 g/mol. The van der Waals surface area contributed by atoms with Gasteiger partial charge in [0.2, 0.25) is 0 Å².